The molecular formula is CHAu2O. The van der Waals surface area contributed by atoms with Crippen LogP contribution in [0.3, 0.4) is 0 Å². The van der Waals surface area contributed by atoms with E-state index in [1.807, 2.05) is 0 Å². The zero-order valence-electron chi connectivity index (χ0n) is 1.59. The largest absolute Gasteiger partial charge is 1.00 e. The van der Waals surface area contributed by atoms with Gasteiger partial charge in [-0.25, -0.2) is 0 Å². The van der Waals surface area contributed by atoms with Crippen molar-refractivity contribution in [1.82, 2.24) is 0 Å². The molecule has 1 radical (unpaired) electrons. The van der Waals surface area contributed by atoms with Crippen LogP contribution >= 0.6 is 0 Å². The Kier molecular flexibility index (Phi) is 149. The van der Waals surface area contributed by atoms with E-state index in [-0.39, 0.29) is 44.8 Å². The number of rotatable bonds is 0. The molecule has 33 valence electrons. The molecule has 0 atom stereocenters. The molecule has 0 bridgehead atoms. The van der Waals surface area contributed by atoms with Gasteiger partial charge in [-0.05, 0) is 0 Å². The molecule has 4 heavy (non-hydrogen) atoms. The second-order valence-electron chi connectivity index (χ2n) is 0. The van der Waals surface area contributed by atoms with Crippen LogP contribution in [0.15, 0.2) is 0 Å². The van der Waals surface area contributed by atoms with E-state index in [4.69, 9.17) is 4.79 Å². The van der Waals surface area contributed by atoms with E-state index in [0.717, 1.165) is 0 Å². The molecule has 0 spiro atoms. The van der Waals surface area contributed by atoms with Crippen molar-refractivity contribution in [2.24, 2.45) is 0 Å². The van der Waals surface area contributed by atoms with E-state index in [1.165, 1.54) is 0 Å². The van der Waals surface area contributed by atoms with Crippen LogP contribution in [0.2, 0.25) is 0 Å². The number of hydrogen-bond donors (Lipinski definition) is 0. The third kappa shape index (κ3) is 11.0. The Balaban J connectivity index is -0.00000000500. The smallest absolute Gasteiger partial charge is 0.545 e. The van der Waals surface area contributed by atoms with Crippen LogP contribution in [0.4, 0.5) is 0 Å². The summed E-state index contributed by atoms with van der Waals surface area (Å²) < 4.78 is 0. The summed E-state index contributed by atoms with van der Waals surface area (Å²) in [5.41, 5.74) is 0. The van der Waals surface area contributed by atoms with Crippen LogP contribution in [-0.4, -0.2) is 6.79 Å². The maximum Gasteiger partial charge on any atom is 1.00 e. The van der Waals surface area contributed by atoms with Gasteiger partial charge < -0.3 is 4.79 Å². The predicted octanol–water partition coefficient (Wildman–Crippen LogP) is -0.279. The van der Waals surface area contributed by atoms with E-state index in [1.54, 1.807) is 0 Å². The van der Waals surface area contributed by atoms with E-state index < -0.39 is 0 Å². The van der Waals surface area contributed by atoms with Crippen LogP contribution in [0.25, 0.3) is 0 Å². The molecule has 0 saturated carbocycles. The van der Waals surface area contributed by atoms with Crippen LogP contribution in [0.1, 0.15) is 0 Å². The monoisotopic (exact) mass is 423 g/mol. The van der Waals surface area contributed by atoms with Gasteiger partial charge in [0.25, 0.3) is 0 Å². The van der Waals surface area contributed by atoms with Crippen molar-refractivity contribution in [2.45, 2.75) is 0 Å². The van der Waals surface area contributed by atoms with E-state index in [9.17, 15) is 0 Å². The Morgan fingerprint density at radius 2 is 1.25 bits per heavy atom. The van der Waals surface area contributed by atoms with Crippen molar-refractivity contribution in [3.63, 3.8) is 0 Å². The minimum absolute atomic E-state index is 0. The minimum Gasteiger partial charge on any atom is -0.545 e. The second-order valence-corrected chi connectivity index (χ2v) is 0. The summed E-state index contributed by atoms with van der Waals surface area (Å²) >= 11 is 0. The summed E-state index contributed by atoms with van der Waals surface area (Å²) in [7, 11) is 0. The third-order valence-corrected chi connectivity index (χ3v) is 0. The Morgan fingerprint density at radius 1 is 1.25 bits per heavy atom. The van der Waals surface area contributed by atoms with Gasteiger partial charge in [0.05, 0.1) is 0 Å². The first kappa shape index (κ1) is 19.2. The van der Waals surface area contributed by atoms with Crippen LogP contribution in [0.5, 0.6) is 0 Å². The van der Waals surface area contributed by atoms with Gasteiger partial charge in [0, 0.05) is 22.4 Å². The molecule has 0 aromatic rings. The van der Waals surface area contributed by atoms with E-state index in [0.29, 0.717) is 0 Å². The van der Waals surface area contributed by atoms with Crippen molar-refractivity contribution in [1.29, 1.82) is 0 Å². The van der Waals surface area contributed by atoms with Crippen molar-refractivity contribution in [2.75, 3.05) is 0 Å². The molecule has 0 N–H and O–H groups in total. The number of hydrogen-bond acceptors (Lipinski definition) is 1. The molecule has 1 nitrogen and oxygen atoms in total. The molecule has 0 aliphatic heterocycles. The maximum absolute atomic E-state index is 7.75. The Bertz CT molecular complexity index is 6.00. The van der Waals surface area contributed by atoms with Gasteiger partial charge in [-0.1, -0.05) is 0 Å². The molecule has 0 aromatic heterocycles. The average molecular weight is 423 g/mol. The summed E-state index contributed by atoms with van der Waals surface area (Å²) in [4.78, 5) is 7.75. The summed E-state index contributed by atoms with van der Waals surface area (Å²) in [5, 5.41) is 0. The first-order valence-corrected chi connectivity index (χ1v) is 0.236. The van der Waals surface area contributed by atoms with Gasteiger partial charge in [0.2, 0.25) is 0 Å². The molecular weight excluding hydrogens is 422 g/mol. The molecule has 0 amide bonds. The fraction of sp³-hybridized carbons (Fsp3) is 0. The molecule has 0 aliphatic carbocycles. The molecule has 0 heterocycles. The van der Waals surface area contributed by atoms with Crippen LogP contribution in [0, 0.1) is 0 Å². The number of carbonyl (C=O) groups excluding carboxylic acids is 1. The zero-order chi connectivity index (χ0) is 2.00. The van der Waals surface area contributed by atoms with Gasteiger partial charge >= 0.3 is 22.4 Å². The van der Waals surface area contributed by atoms with Crippen molar-refractivity contribution < 1.29 is 49.6 Å². The topological polar surface area (TPSA) is 17.1 Å². The Morgan fingerprint density at radius 3 is 1.25 bits per heavy atom. The average Bonchev–Trinajstić information content (AvgIpc) is 1.00. The fourth-order valence-corrected chi connectivity index (χ4v) is 0. The van der Waals surface area contributed by atoms with Gasteiger partial charge in [0.1, 0.15) is 0 Å². The summed E-state index contributed by atoms with van der Waals surface area (Å²) in [6, 6.07) is 0. The zero-order valence-corrected chi connectivity index (χ0v) is 5.92. The van der Waals surface area contributed by atoms with Gasteiger partial charge in [-0.15, -0.1) is 0 Å². The molecule has 0 saturated heterocycles. The van der Waals surface area contributed by atoms with Gasteiger partial charge in [-0.2, -0.15) is 0 Å². The Hall–Kier alpha value is 1.15. The third-order valence-electron chi connectivity index (χ3n) is 0. The van der Waals surface area contributed by atoms with Crippen molar-refractivity contribution in [3.05, 3.63) is 0 Å². The minimum atomic E-state index is 0. The quantitative estimate of drug-likeness (QED) is 0.298. The molecule has 0 unspecified atom stereocenters. The van der Waals surface area contributed by atoms with Crippen molar-refractivity contribution >= 4 is 6.79 Å². The first-order chi connectivity index (χ1) is 1.00. The maximum atomic E-state index is 7.75. The fourth-order valence-electron chi connectivity index (χ4n) is 0. The molecule has 3 heteroatoms. The standard InChI is InChI=1S/CHO.2Au/c1-2;;/h1H;;/q-1;;+1. The first-order valence-electron chi connectivity index (χ1n) is 0.236. The molecule has 0 rings (SSSR count). The van der Waals surface area contributed by atoms with Gasteiger partial charge in [-0.3, -0.25) is 6.79 Å². The summed E-state index contributed by atoms with van der Waals surface area (Å²) in [5.74, 6) is 0. The summed E-state index contributed by atoms with van der Waals surface area (Å²) in [6.45, 7) is 3.25. The van der Waals surface area contributed by atoms with Gasteiger partial charge in [0.15, 0.2) is 0 Å². The molecule has 0 aromatic carbocycles. The SMILES string of the molecule is [Au+].[Au].[CH-]=O. The summed E-state index contributed by atoms with van der Waals surface area (Å²) in [6.07, 6.45) is 0. The Labute approximate surface area is 56.2 Å². The predicted molar refractivity (Wildman–Crippen MR) is 6.75 cm³/mol. The van der Waals surface area contributed by atoms with E-state index >= 15 is 0 Å². The molecule has 0 fully saturated rings. The van der Waals surface area contributed by atoms with E-state index in [2.05, 4.69) is 6.79 Å². The second kappa shape index (κ2) is 31.1. The van der Waals surface area contributed by atoms with Crippen LogP contribution < -0.4 is 0 Å². The van der Waals surface area contributed by atoms with Crippen molar-refractivity contribution in [3.8, 4) is 0 Å². The molecule has 0 aliphatic rings. The van der Waals surface area contributed by atoms with Crippen LogP contribution in [-0.2, 0) is 49.6 Å². The normalized spacial score (nSPS) is 1.00.